The number of nitrogens with one attached hydrogen (secondary N) is 1. The SMILES string of the molecule is CC1CN(c2cc3[nH]c(=O)oc3cc2N)C(C)CO1. The van der Waals surface area contributed by atoms with Gasteiger partial charge >= 0.3 is 5.76 Å². The van der Waals surface area contributed by atoms with Crippen molar-refractivity contribution in [2.45, 2.75) is 26.0 Å². The van der Waals surface area contributed by atoms with Gasteiger partial charge < -0.3 is 19.8 Å². The van der Waals surface area contributed by atoms with Crippen molar-refractivity contribution in [2.24, 2.45) is 0 Å². The number of aromatic nitrogens is 1. The van der Waals surface area contributed by atoms with E-state index in [9.17, 15) is 4.79 Å². The van der Waals surface area contributed by atoms with Gasteiger partial charge in [0, 0.05) is 18.7 Å². The van der Waals surface area contributed by atoms with E-state index in [4.69, 9.17) is 14.9 Å². The lowest BCUT2D eigenvalue weighted by molar-refractivity contribution is 0.0344. The molecular weight excluding hydrogens is 246 g/mol. The first kappa shape index (κ1) is 12.1. The van der Waals surface area contributed by atoms with E-state index < -0.39 is 5.76 Å². The lowest BCUT2D eigenvalue weighted by Crippen LogP contribution is -2.47. The molecule has 6 nitrogen and oxygen atoms in total. The second-order valence-electron chi connectivity index (χ2n) is 5.07. The topological polar surface area (TPSA) is 84.5 Å². The molecule has 0 bridgehead atoms. The third-order valence-electron chi connectivity index (χ3n) is 3.49. The van der Waals surface area contributed by atoms with Gasteiger partial charge in [-0.2, -0.15) is 0 Å². The van der Waals surface area contributed by atoms with Gasteiger partial charge in [-0.3, -0.25) is 4.98 Å². The summed E-state index contributed by atoms with van der Waals surface area (Å²) in [7, 11) is 0. The van der Waals surface area contributed by atoms with Crippen molar-refractivity contribution < 1.29 is 9.15 Å². The molecule has 1 aliphatic heterocycles. The standard InChI is InChI=1S/C13H17N3O3/c1-7-6-18-8(2)5-16(7)11-4-10-12(3-9(11)14)19-13(17)15-10/h3-4,7-8H,5-6,14H2,1-2H3,(H,15,17). The van der Waals surface area contributed by atoms with Gasteiger partial charge in [0.25, 0.3) is 0 Å². The van der Waals surface area contributed by atoms with Crippen LogP contribution < -0.4 is 16.4 Å². The Kier molecular flexibility index (Phi) is 2.74. The van der Waals surface area contributed by atoms with Gasteiger partial charge in [-0.15, -0.1) is 0 Å². The molecule has 0 radical (unpaired) electrons. The van der Waals surface area contributed by atoms with E-state index in [1.807, 2.05) is 13.0 Å². The van der Waals surface area contributed by atoms with Gasteiger partial charge in [0.2, 0.25) is 0 Å². The van der Waals surface area contributed by atoms with E-state index in [1.165, 1.54) is 0 Å². The maximum Gasteiger partial charge on any atom is 0.417 e. The molecule has 1 aliphatic rings. The Hall–Kier alpha value is -1.95. The summed E-state index contributed by atoms with van der Waals surface area (Å²) in [6.45, 7) is 5.57. The molecular formula is C13H17N3O3. The number of benzene rings is 1. The Morgan fingerprint density at radius 1 is 1.42 bits per heavy atom. The maximum absolute atomic E-state index is 11.2. The van der Waals surface area contributed by atoms with Crippen LogP contribution in [0, 0.1) is 0 Å². The summed E-state index contributed by atoms with van der Waals surface area (Å²) in [6, 6.07) is 3.80. The molecule has 0 spiro atoms. The fourth-order valence-corrected chi connectivity index (χ4v) is 2.49. The minimum absolute atomic E-state index is 0.162. The molecule has 1 fully saturated rings. The Morgan fingerprint density at radius 3 is 3.00 bits per heavy atom. The molecule has 2 unspecified atom stereocenters. The largest absolute Gasteiger partial charge is 0.417 e. The van der Waals surface area contributed by atoms with E-state index in [1.54, 1.807) is 6.07 Å². The van der Waals surface area contributed by atoms with Crippen LogP contribution in [0.5, 0.6) is 0 Å². The smallest absolute Gasteiger partial charge is 0.408 e. The van der Waals surface area contributed by atoms with Crippen LogP contribution >= 0.6 is 0 Å². The second kappa shape index (κ2) is 4.31. The summed E-state index contributed by atoms with van der Waals surface area (Å²) in [5.41, 5.74) is 8.75. The Labute approximate surface area is 110 Å². The third-order valence-corrected chi connectivity index (χ3v) is 3.49. The van der Waals surface area contributed by atoms with Crippen LogP contribution in [-0.4, -0.2) is 30.3 Å². The van der Waals surface area contributed by atoms with Gasteiger partial charge in [0.1, 0.15) is 0 Å². The minimum atomic E-state index is -0.463. The summed E-state index contributed by atoms with van der Waals surface area (Å²) in [5, 5.41) is 0. The van der Waals surface area contributed by atoms with E-state index in [2.05, 4.69) is 16.8 Å². The van der Waals surface area contributed by atoms with Crippen LogP contribution in [0.4, 0.5) is 11.4 Å². The number of anilines is 2. The predicted octanol–water partition coefficient (Wildman–Crippen LogP) is 1.32. The highest BCUT2D eigenvalue weighted by Crippen LogP contribution is 2.31. The molecule has 2 heterocycles. The number of H-pyrrole nitrogens is 1. The van der Waals surface area contributed by atoms with Gasteiger partial charge in [0.15, 0.2) is 5.58 Å². The van der Waals surface area contributed by atoms with Crippen molar-refractivity contribution in [2.75, 3.05) is 23.8 Å². The van der Waals surface area contributed by atoms with Gasteiger partial charge in [-0.25, -0.2) is 4.79 Å². The summed E-state index contributed by atoms with van der Waals surface area (Å²) in [6.07, 6.45) is 0.162. The number of morpholine rings is 1. The number of nitrogen functional groups attached to an aromatic ring is 1. The number of oxazole rings is 1. The summed E-state index contributed by atoms with van der Waals surface area (Å²) >= 11 is 0. The van der Waals surface area contributed by atoms with Crippen molar-refractivity contribution in [3.63, 3.8) is 0 Å². The molecule has 102 valence electrons. The van der Waals surface area contributed by atoms with E-state index in [0.717, 1.165) is 12.2 Å². The zero-order valence-electron chi connectivity index (χ0n) is 11.0. The van der Waals surface area contributed by atoms with Crippen molar-refractivity contribution in [3.8, 4) is 0 Å². The highest BCUT2D eigenvalue weighted by Gasteiger charge is 2.25. The zero-order valence-corrected chi connectivity index (χ0v) is 11.0. The van der Waals surface area contributed by atoms with Crippen LogP contribution in [0.1, 0.15) is 13.8 Å². The number of rotatable bonds is 1. The number of aromatic amines is 1. The number of ether oxygens (including phenoxy) is 1. The summed E-state index contributed by atoms with van der Waals surface area (Å²) in [4.78, 5) is 16.1. The average Bonchev–Trinajstić information content (AvgIpc) is 2.70. The monoisotopic (exact) mass is 263 g/mol. The van der Waals surface area contributed by atoms with Crippen LogP contribution in [0.3, 0.4) is 0 Å². The second-order valence-corrected chi connectivity index (χ2v) is 5.07. The molecule has 3 rings (SSSR count). The highest BCUT2D eigenvalue weighted by atomic mass is 16.5. The Morgan fingerprint density at radius 2 is 2.21 bits per heavy atom. The molecule has 2 atom stereocenters. The molecule has 1 saturated heterocycles. The fourth-order valence-electron chi connectivity index (χ4n) is 2.49. The molecule has 2 aromatic rings. The molecule has 0 saturated carbocycles. The van der Waals surface area contributed by atoms with Crippen LogP contribution in [0.25, 0.3) is 11.1 Å². The lowest BCUT2D eigenvalue weighted by atomic mass is 10.1. The Bertz CT molecular complexity index is 661. The average molecular weight is 263 g/mol. The molecule has 6 heteroatoms. The Balaban J connectivity index is 2.07. The van der Waals surface area contributed by atoms with E-state index in [-0.39, 0.29) is 12.1 Å². The van der Waals surface area contributed by atoms with E-state index in [0.29, 0.717) is 23.4 Å². The first-order valence-electron chi connectivity index (χ1n) is 6.35. The quantitative estimate of drug-likeness (QED) is 0.758. The summed E-state index contributed by atoms with van der Waals surface area (Å²) < 4.78 is 10.6. The van der Waals surface area contributed by atoms with Gasteiger partial charge in [-0.1, -0.05) is 0 Å². The van der Waals surface area contributed by atoms with Gasteiger partial charge in [0.05, 0.1) is 29.6 Å². The first-order chi connectivity index (χ1) is 9.04. The predicted molar refractivity (Wildman–Crippen MR) is 73.5 cm³/mol. The van der Waals surface area contributed by atoms with Crippen molar-refractivity contribution >= 4 is 22.5 Å². The summed E-state index contributed by atoms with van der Waals surface area (Å²) in [5.74, 6) is -0.463. The lowest BCUT2D eigenvalue weighted by Gasteiger charge is -2.39. The number of nitrogens with zero attached hydrogens (tertiary/aromatic N) is 1. The highest BCUT2D eigenvalue weighted by molar-refractivity contribution is 5.85. The molecule has 19 heavy (non-hydrogen) atoms. The number of fused-ring (bicyclic) bond motifs is 1. The molecule has 3 N–H and O–H groups in total. The zero-order chi connectivity index (χ0) is 13.6. The van der Waals surface area contributed by atoms with Crippen LogP contribution in [-0.2, 0) is 4.74 Å². The third kappa shape index (κ3) is 2.08. The molecule has 0 amide bonds. The van der Waals surface area contributed by atoms with Crippen molar-refractivity contribution in [1.82, 2.24) is 4.98 Å². The van der Waals surface area contributed by atoms with Gasteiger partial charge in [-0.05, 0) is 19.9 Å². The number of hydrogen-bond donors (Lipinski definition) is 2. The fraction of sp³-hybridized carbons (Fsp3) is 0.462. The van der Waals surface area contributed by atoms with Crippen molar-refractivity contribution in [1.29, 1.82) is 0 Å². The molecule has 1 aromatic heterocycles. The normalized spacial score (nSPS) is 24.0. The minimum Gasteiger partial charge on any atom is -0.408 e. The molecule has 0 aliphatic carbocycles. The maximum atomic E-state index is 11.2. The number of nitrogens with two attached hydrogens (primary N) is 1. The van der Waals surface area contributed by atoms with E-state index >= 15 is 0 Å². The number of hydrogen-bond acceptors (Lipinski definition) is 5. The van der Waals surface area contributed by atoms with Crippen molar-refractivity contribution in [3.05, 3.63) is 22.7 Å². The van der Waals surface area contributed by atoms with Crippen LogP contribution in [0.15, 0.2) is 21.3 Å². The first-order valence-corrected chi connectivity index (χ1v) is 6.35. The van der Waals surface area contributed by atoms with Crippen LogP contribution in [0.2, 0.25) is 0 Å². The molecule has 1 aromatic carbocycles.